The van der Waals surface area contributed by atoms with Crippen LogP contribution in [0.5, 0.6) is 0 Å². The lowest BCUT2D eigenvalue weighted by Gasteiger charge is -2.30. The van der Waals surface area contributed by atoms with Gasteiger partial charge in [-0.3, -0.25) is 14.4 Å². The Morgan fingerprint density at radius 2 is 1.71 bits per heavy atom. The number of aliphatic carboxylic acids is 1. The minimum atomic E-state index is -1.26. The van der Waals surface area contributed by atoms with Crippen LogP contribution in [0.4, 0.5) is 5.69 Å². The number of piperidine rings is 1. The van der Waals surface area contributed by atoms with Crippen molar-refractivity contribution in [3.63, 3.8) is 0 Å². The Hall–Kier alpha value is -2.37. The molecule has 0 atom stereocenters. The van der Waals surface area contributed by atoms with Crippen LogP contribution in [-0.4, -0.2) is 40.9 Å². The second kappa shape index (κ2) is 6.26. The molecule has 24 heavy (non-hydrogen) atoms. The molecule has 6 heteroatoms. The van der Waals surface area contributed by atoms with Gasteiger partial charge in [-0.25, -0.2) is 0 Å². The van der Waals surface area contributed by atoms with E-state index in [2.05, 4.69) is 12.2 Å². The standard InChI is InChI=1S/C18H22N2O4/c1-12-6-10-20(11-7-12)15(21)13-2-4-14(5-3-13)19-16(22)18(8-9-18)17(23)24/h2-5,12H,6-11H2,1H3,(H,19,22)(H,23,24). The average Bonchev–Trinajstić information content (AvgIpc) is 3.37. The Kier molecular flexibility index (Phi) is 4.30. The van der Waals surface area contributed by atoms with Gasteiger partial charge in [0.1, 0.15) is 5.41 Å². The van der Waals surface area contributed by atoms with Crippen LogP contribution in [0.3, 0.4) is 0 Å². The summed E-state index contributed by atoms with van der Waals surface area (Å²) in [6.07, 6.45) is 2.80. The van der Waals surface area contributed by atoms with Crippen molar-refractivity contribution in [2.45, 2.75) is 32.6 Å². The van der Waals surface area contributed by atoms with E-state index >= 15 is 0 Å². The average molecular weight is 330 g/mol. The summed E-state index contributed by atoms with van der Waals surface area (Å²) in [5.41, 5.74) is -0.169. The van der Waals surface area contributed by atoms with E-state index in [1.165, 1.54) is 0 Å². The van der Waals surface area contributed by atoms with Crippen LogP contribution in [0.1, 0.15) is 43.0 Å². The molecule has 1 aromatic carbocycles. The lowest BCUT2D eigenvalue weighted by atomic mass is 9.98. The smallest absolute Gasteiger partial charge is 0.319 e. The number of amides is 2. The number of carboxylic acid groups (broad SMARTS) is 1. The Balaban J connectivity index is 1.62. The summed E-state index contributed by atoms with van der Waals surface area (Å²) in [7, 11) is 0. The molecular weight excluding hydrogens is 308 g/mol. The topological polar surface area (TPSA) is 86.7 Å². The minimum Gasteiger partial charge on any atom is -0.480 e. The minimum absolute atomic E-state index is 0.00368. The molecule has 3 rings (SSSR count). The molecule has 2 aliphatic rings. The van der Waals surface area contributed by atoms with Crippen LogP contribution in [0.15, 0.2) is 24.3 Å². The zero-order valence-corrected chi connectivity index (χ0v) is 13.7. The molecule has 0 unspecified atom stereocenters. The predicted octanol–water partition coefficient (Wildman–Crippen LogP) is 2.36. The van der Waals surface area contributed by atoms with E-state index in [-0.39, 0.29) is 5.91 Å². The Bertz CT molecular complexity index is 656. The zero-order chi connectivity index (χ0) is 17.3. The van der Waals surface area contributed by atoms with Gasteiger partial charge < -0.3 is 15.3 Å². The highest BCUT2D eigenvalue weighted by Gasteiger charge is 2.57. The summed E-state index contributed by atoms with van der Waals surface area (Å²) in [5.74, 6) is -0.898. The molecule has 2 fully saturated rings. The van der Waals surface area contributed by atoms with Crippen LogP contribution in [-0.2, 0) is 9.59 Å². The van der Waals surface area contributed by atoms with Crippen molar-refractivity contribution in [1.82, 2.24) is 4.90 Å². The first-order valence-electron chi connectivity index (χ1n) is 8.36. The third-order valence-electron chi connectivity index (χ3n) is 5.05. The van der Waals surface area contributed by atoms with E-state index < -0.39 is 17.3 Å². The molecule has 6 nitrogen and oxygen atoms in total. The summed E-state index contributed by atoms with van der Waals surface area (Å²) in [6.45, 7) is 3.75. The number of carbonyl (C=O) groups is 3. The molecule has 1 aliphatic carbocycles. The highest BCUT2D eigenvalue weighted by Crippen LogP contribution is 2.46. The first-order chi connectivity index (χ1) is 11.4. The lowest BCUT2D eigenvalue weighted by Crippen LogP contribution is -2.37. The van der Waals surface area contributed by atoms with Gasteiger partial charge in [-0.05, 0) is 55.9 Å². The molecule has 0 aromatic heterocycles. The van der Waals surface area contributed by atoms with Gasteiger partial charge in [0, 0.05) is 24.3 Å². The van der Waals surface area contributed by atoms with E-state index in [0.29, 0.717) is 30.0 Å². The van der Waals surface area contributed by atoms with Gasteiger partial charge in [-0.1, -0.05) is 6.92 Å². The van der Waals surface area contributed by atoms with E-state index in [9.17, 15) is 14.4 Å². The van der Waals surface area contributed by atoms with Crippen LogP contribution in [0.2, 0.25) is 0 Å². The summed E-state index contributed by atoms with van der Waals surface area (Å²) in [5, 5.41) is 11.8. The normalized spacial score (nSPS) is 19.6. The van der Waals surface area contributed by atoms with Gasteiger partial charge >= 0.3 is 5.97 Å². The molecule has 0 radical (unpaired) electrons. The number of carboxylic acids is 1. The fourth-order valence-corrected chi connectivity index (χ4v) is 3.00. The highest BCUT2D eigenvalue weighted by molar-refractivity contribution is 6.10. The second-order valence-corrected chi connectivity index (χ2v) is 6.89. The number of anilines is 1. The Labute approximate surface area is 140 Å². The number of hydrogen-bond donors (Lipinski definition) is 2. The quantitative estimate of drug-likeness (QED) is 0.830. The summed E-state index contributed by atoms with van der Waals surface area (Å²) >= 11 is 0. The van der Waals surface area contributed by atoms with Gasteiger partial charge in [0.25, 0.3) is 5.91 Å². The molecular formula is C18H22N2O4. The van der Waals surface area contributed by atoms with Crippen molar-refractivity contribution in [1.29, 1.82) is 0 Å². The maximum Gasteiger partial charge on any atom is 0.319 e. The van der Waals surface area contributed by atoms with Crippen molar-refractivity contribution < 1.29 is 19.5 Å². The maximum atomic E-state index is 12.5. The molecule has 1 heterocycles. The molecule has 1 saturated carbocycles. The number of rotatable bonds is 4. The van der Waals surface area contributed by atoms with Crippen LogP contribution < -0.4 is 5.32 Å². The first-order valence-corrected chi connectivity index (χ1v) is 8.36. The molecule has 2 amide bonds. The highest BCUT2D eigenvalue weighted by atomic mass is 16.4. The molecule has 0 spiro atoms. The van der Waals surface area contributed by atoms with Gasteiger partial charge in [0.15, 0.2) is 0 Å². The Morgan fingerprint density at radius 3 is 2.21 bits per heavy atom. The van der Waals surface area contributed by atoms with Crippen molar-refractivity contribution >= 4 is 23.5 Å². The number of hydrogen-bond acceptors (Lipinski definition) is 3. The number of benzene rings is 1. The first kappa shape index (κ1) is 16.5. The number of nitrogens with zero attached hydrogens (tertiary/aromatic N) is 1. The molecule has 1 aliphatic heterocycles. The van der Waals surface area contributed by atoms with Gasteiger partial charge in [0.2, 0.25) is 5.91 Å². The molecule has 1 saturated heterocycles. The van der Waals surface area contributed by atoms with Crippen molar-refractivity contribution in [3.8, 4) is 0 Å². The van der Waals surface area contributed by atoms with E-state index in [0.717, 1.165) is 25.9 Å². The number of likely N-dealkylation sites (tertiary alicyclic amines) is 1. The fraction of sp³-hybridized carbons (Fsp3) is 0.500. The number of carbonyl (C=O) groups excluding carboxylic acids is 2. The van der Waals surface area contributed by atoms with Gasteiger partial charge in [-0.2, -0.15) is 0 Å². The van der Waals surface area contributed by atoms with E-state index in [1.54, 1.807) is 24.3 Å². The van der Waals surface area contributed by atoms with Crippen molar-refractivity contribution in [3.05, 3.63) is 29.8 Å². The zero-order valence-electron chi connectivity index (χ0n) is 13.7. The molecule has 2 N–H and O–H groups in total. The molecule has 128 valence electrons. The molecule has 1 aromatic rings. The van der Waals surface area contributed by atoms with E-state index in [1.807, 2.05) is 4.90 Å². The summed E-state index contributed by atoms with van der Waals surface area (Å²) < 4.78 is 0. The third-order valence-corrected chi connectivity index (χ3v) is 5.05. The fourth-order valence-electron chi connectivity index (χ4n) is 3.00. The van der Waals surface area contributed by atoms with Gasteiger partial charge in [-0.15, -0.1) is 0 Å². The lowest BCUT2D eigenvalue weighted by molar-refractivity contribution is -0.147. The van der Waals surface area contributed by atoms with Crippen LogP contribution in [0, 0.1) is 11.3 Å². The maximum absolute atomic E-state index is 12.5. The van der Waals surface area contributed by atoms with Crippen LogP contribution >= 0.6 is 0 Å². The summed E-state index contributed by atoms with van der Waals surface area (Å²) in [6, 6.07) is 6.65. The summed E-state index contributed by atoms with van der Waals surface area (Å²) in [4.78, 5) is 37.5. The largest absolute Gasteiger partial charge is 0.480 e. The monoisotopic (exact) mass is 330 g/mol. The van der Waals surface area contributed by atoms with Crippen molar-refractivity contribution in [2.24, 2.45) is 11.3 Å². The molecule has 0 bridgehead atoms. The van der Waals surface area contributed by atoms with Crippen LogP contribution in [0.25, 0.3) is 0 Å². The number of nitrogens with one attached hydrogen (secondary N) is 1. The Morgan fingerprint density at radius 1 is 1.12 bits per heavy atom. The van der Waals surface area contributed by atoms with E-state index in [4.69, 9.17) is 5.11 Å². The third kappa shape index (κ3) is 3.13. The van der Waals surface area contributed by atoms with Gasteiger partial charge in [0.05, 0.1) is 0 Å². The SMILES string of the molecule is CC1CCN(C(=O)c2ccc(NC(=O)C3(C(=O)O)CC3)cc2)CC1. The second-order valence-electron chi connectivity index (χ2n) is 6.89. The van der Waals surface area contributed by atoms with Crippen molar-refractivity contribution in [2.75, 3.05) is 18.4 Å². The predicted molar refractivity (Wildman–Crippen MR) is 88.7 cm³/mol.